The third-order valence-corrected chi connectivity index (χ3v) is 4.39. The van der Waals surface area contributed by atoms with Crippen molar-refractivity contribution in [3.05, 3.63) is 24.3 Å². The Morgan fingerprint density at radius 2 is 1.94 bits per heavy atom. The van der Waals surface area contributed by atoms with Crippen molar-refractivity contribution in [3.63, 3.8) is 0 Å². The molecule has 18 heavy (non-hydrogen) atoms. The summed E-state index contributed by atoms with van der Waals surface area (Å²) < 4.78 is -1.08. The first-order valence-electron chi connectivity index (χ1n) is 5.66. The van der Waals surface area contributed by atoms with Crippen LogP contribution in [0.1, 0.15) is 6.92 Å². The quantitative estimate of drug-likeness (QED) is 0.723. The Kier molecular flexibility index (Phi) is 3.11. The standard InChI is InChI=1S/C13H16N2O2S/c1-13(11(16)14(2)3)12(17)15(4)9-7-5-6-8-10(9)18-13/h5-8H,1-4H3. The molecule has 96 valence electrons. The van der Waals surface area contributed by atoms with Crippen LogP contribution in [0, 0.1) is 0 Å². The van der Waals surface area contributed by atoms with Gasteiger partial charge >= 0.3 is 0 Å². The molecule has 0 saturated heterocycles. The molecule has 0 fully saturated rings. The molecule has 0 bridgehead atoms. The van der Waals surface area contributed by atoms with Gasteiger partial charge in [-0.25, -0.2) is 0 Å². The molecule has 0 aromatic heterocycles. The minimum absolute atomic E-state index is 0.176. The maximum absolute atomic E-state index is 12.4. The number of nitrogens with zero attached hydrogens (tertiary/aromatic N) is 2. The van der Waals surface area contributed by atoms with Crippen molar-refractivity contribution in [1.29, 1.82) is 0 Å². The molecule has 1 atom stereocenters. The van der Waals surface area contributed by atoms with Gasteiger partial charge in [0, 0.05) is 26.0 Å². The minimum atomic E-state index is -1.08. The second-order valence-electron chi connectivity index (χ2n) is 4.67. The van der Waals surface area contributed by atoms with Gasteiger partial charge in [-0.2, -0.15) is 0 Å². The summed E-state index contributed by atoms with van der Waals surface area (Å²) >= 11 is 1.33. The lowest BCUT2D eigenvalue weighted by Crippen LogP contribution is -2.55. The minimum Gasteiger partial charge on any atom is -0.347 e. The van der Waals surface area contributed by atoms with E-state index in [9.17, 15) is 9.59 Å². The zero-order chi connectivity index (χ0) is 13.5. The molecule has 1 aliphatic heterocycles. The van der Waals surface area contributed by atoms with Gasteiger partial charge in [-0.15, -0.1) is 0 Å². The van der Waals surface area contributed by atoms with Gasteiger partial charge in [0.25, 0.3) is 5.91 Å². The zero-order valence-electron chi connectivity index (χ0n) is 10.9. The number of para-hydroxylation sites is 1. The first kappa shape index (κ1) is 13.0. The van der Waals surface area contributed by atoms with Crippen molar-refractivity contribution in [3.8, 4) is 0 Å². The number of rotatable bonds is 1. The highest BCUT2D eigenvalue weighted by Gasteiger charge is 2.48. The van der Waals surface area contributed by atoms with Crippen LogP contribution in [0.25, 0.3) is 0 Å². The molecule has 1 aromatic carbocycles. The lowest BCUT2D eigenvalue weighted by atomic mass is 10.1. The van der Waals surface area contributed by atoms with Gasteiger partial charge in [-0.05, 0) is 19.1 Å². The van der Waals surface area contributed by atoms with Gasteiger partial charge in [-0.1, -0.05) is 23.9 Å². The molecule has 2 rings (SSSR count). The third-order valence-electron chi connectivity index (χ3n) is 3.07. The number of hydrogen-bond donors (Lipinski definition) is 0. The zero-order valence-corrected chi connectivity index (χ0v) is 11.7. The van der Waals surface area contributed by atoms with Gasteiger partial charge < -0.3 is 9.80 Å². The number of benzene rings is 1. The summed E-state index contributed by atoms with van der Waals surface area (Å²) in [6.45, 7) is 1.69. The van der Waals surface area contributed by atoms with Gasteiger partial charge in [0.05, 0.1) is 5.69 Å². The Balaban J connectivity index is 2.50. The average Bonchev–Trinajstić information content (AvgIpc) is 2.35. The molecule has 1 unspecified atom stereocenters. The van der Waals surface area contributed by atoms with E-state index in [1.165, 1.54) is 16.7 Å². The largest absolute Gasteiger partial charge is 0.347 e. The fourth-order valence-electron chi connectivity index (χ4n) is 2.08. The van der Waals surface area contributed by atoms with Gasteiger partial charge in [-0.3, -0.25) is 9.59 Å². The summed E-state index contributed by atoms with van der Waals surface area (Å²) in [5.41, 5.74) is 0.858. The second kappa shape index (κ2) is 4.31. The summed E-state index contributed by atoms with van der Waals surface area (Å²) in [7, 11) is 5.05. The molecule has 1 heterocycles. The highest BCUT2D eigenvalue weighted by molar-refractivity contribution is 8.02. The Bertz CT molecular complexity index is 515. The Labute approximate surface area is 111 Å². The van der Waals surface area contributed by atoms with E-state index in [1.807, 2.05) is 24.3 Å². The normalized spacial score (nSPS) is 22.7. The van der Waals surface area contributed by atoms with Crippen molar-refractivity contribution in [2.24, 2.45) is 0 Å². The average molecular weight is 264 g/mol. The summed E-state index contributed by atoms with van der Waals surface area (Å²) in [5, 5.41) is 0. The maximum Gasteiger partial charge on any atom is 0.252 e. The fraction of sp³-hybridized carbons (Fsp3) is 0.385. The monoisotopic (exact) mass is 264 g/mol. The predicted octanol–water partition coefficient (Wildman–Crippen LogP) is 1.60. The number of amides is 2. The van der Waals surface area contributed by atoms with E-state index in [4.69, 9.17) is 0 Å². The molecule has 0 saturated carbocycles. The van der Waals surface area contributed by atoms with E-state index in [0.717, 1.165) is 10.6 Å². The molecule has 5 heteroatoms. The molecule has 0 radical (unpaired) electrons. The molecule has 0 aliphatic carbocycles. The summed E-state index contributed by atoms with van der Waals surface area (Å²) in [5.74, 6) is -0.358. The number of carbonyl (C=O) groups excluding carboxylic acids is 2. The molecule has 1 aromatic rings. The number of fused-ring (bicyclic) bond motifs is 1. The van der Waals surface area contributed by atoms with E-state index in [1.54, 1.807) is 33.0 Å². The van der Waals surface area contributed by atoms with Crippen molar-refractivity contribution >= 4 is 29.3 Å². The van der Waals surface area contributed by atoms with Crippen LogP contribution >= 0.6 is 11.8 Å². The highest BCUT2D eigenvalue weighted by Crippen LogP contribution is 2.45. The van der Waals surface area contributed by atoms with Crippen molar-refractivity contribution < 1.29 is 9.59 Å². The predicted molar refractivity (Wildman–Crippen MR) is 72.8 cm³/mol. The molecule has 2 amide bonds. The van der Waals surface area contributed by atoms with E-state index < -0.39 is 4.75 Å². The lowest BCUT2D eigenvalue weighted by molar-refractivity contribution is -0.136. The highest BCUT2D eigenvalue weighted by atomic mass is 32.2. The van der Waals surface area contributed by atoms with Crippen LogP contribution in [0.2, 0.25) is 0 Å². The molecule has 4 nitrogen and oxygen atoms in total. The molecule has 0 N–H and O–H groups in total. The van der Waals surface area contributed by atoms with Crippen molar-refractivity contribution in [2.45, 2.75) is 16.6 Å². The molecule has 1 aliphatic rings. The number of anilines is 1. The van der Waals surface area contributed by atoms with Crippen LogP contribution in [-0.2, 0) is 9.59 Å². The van der Waals surface area contributed by atoms with Crippen LogP contribution in [0.4, 0.5) is 5.69 Å². The second-order valence-corrected chi connectivity index (χ2v) is 6.13. The molecular weight excluding hydrogens is 248 g/mol. The van der Waals surface area contributed by atoms with E-state index in [2.05, 4.69) is 0 Å². The van der Waals surface area contributed by atoms with Crippen LogP contribution in [0.15, 0.2) is 29.2 Å². The summed E-state index contributed by atoms with van der Waals surface area (Å²) in [4.78, 5) is 28.6. The Hall–Kier alpha value is -1.49. The first-order chi connectivity index (χ1) is 8.38. The number of carbonyl (C=O) groups is 2. The van der Waals surface area contributed by atoms with Crippen LogP contribution in [0.3, 0.4) is 0 Å². The maximum atomic E-state index is 12.4. The summed E-state index contributed by atoms with van der Waals surface area (Å²) in [6.07, 6.45) is 0. The van der Waals surface area contributed by atoms with Gasteiger partial charge in [0.1, 0.15) is 0 Å². The SMILES string of the molecule is CN(C)C(=O)C1(C)Sc2ccccc2N(C)C1=O. The van der Waals surface area contributed by atoms with E-state index in [-0.39, 0.29) is 11.8 Å². The lowest BCUT2D eigenvalue weighted by Gasteiger charge is -2.38. The smallest absolute Gasteiger partial charge is 0.252 e. The number of thioether (sulfide) groups is 1. The van der Waals surface area contributed by atoms with Gasteiger partial charge in [0.15, 0.2) is 4.75 Å². The molecular formula is C13H16N2O2S. The summed E-state index contributed by atoms with van der Waals surface area (Å²) in [6, 6.07) is 7.62. The fourth-order valence-corrected chi connectivity index (χ4v) is 3.47. The van der Waals surface area contributed by atoms with Gasteiger partial charge in [0.2, 0.25) is 5.91 Å². The topological polar surface area (TPSA) is 40.6 Å². The first-order valence-corrected chi connectivity index (χ1v) is 6.47. The van der Waals surface area contributed by atoms with Crippen LogP contribution in [0.5, 0.6) is 0 Å². The van der Waals surface area contributed by atoms with Crippen LogP contribution in [-0.4, -0.2) is 42.6 Å². The molecule has 0 spiro atoms. The number of hydrogen-bond acceptors (Lipinski definition) is 3. The van der Waals surface area contributed by atoms with Crippen LogP contribution < -0.4 is 4.90 Å². The van der Waals surface area contributed by atoms with E-state index in [0.29, 0.717) is 0 Å². The Morgan fingerprint density at radius 1 is 1.33 bits per heavy atom. The van der Waals surface area contributed by atoms with Crippen molar-refractivity contribution in [1.82, 2.24) is 4.90 Å². The Morgan fingerprint density at radius 3 is 2.56 bits per heavy atom. The third kappa shape index (κ3) is 1.79. The van der Waals surface area contributed by atoms with Crippen molar-refractivity contribution in [2.75, 3.05) is 26.0 Å². The van der Waals surface area contributed by atoms with E-state index >= 15 is 0 Å².